The third-order valence-electron chi connectivity index (χ3n) is 1.85. The van der Waals surface area contributed by atoms with Crippen molar-refractivity contribution in [2.24, 2.45) is 0 Å². The first-order chi connectivity index (χ1) is 7.58. The lowest BCUT2D eigenvalue weighted by molar-refractivity contribution is -0.111. The van der Waals surface area contributed by atoms with Crippen LogP contribution in [0.5, 0.6) is 5.75 Å². The summed E-state index contributed by atoms with van der Waals surface area (Å²) in [6, 6.07) is 6.45. The highest BCUT2D eigenvalue weighted by atomic mass is 16.3. The number of benzene rings is 1. The molecule has 0 radical (unpaired) electrons. The number of aromatic hydroxyl groups is 1. The van der Waals surface area contributed by atoms with E-state index in [-0.39, 0.29) is 11.7 Å². The summed E-state index contributed by atoms with van der Waals surface area (Å²) < 4.78 is 0. The third kappa shape index (κ3) is 4.61. The van der Waals surface area contributed by atoms with E-state index in [0.717, 1.165) is 0 Å². The smallest absolute Gasteiger partial charge is 0.248 e. The Labute approximate surface area is 95.2 Å². The minimum Gasteiger partial charge on any atom is -0.508 e. The van der Waals surface area contributed by atoms with Crippen LogP contribution >= 0.6 is 0 Å². The van der Waals surface area contributed by atoms with Crippen molar-refractivity contribution < 1.29 is 9.90 Å². The van der Waals surface area contributed by atoms with Gasteiger partial charge in [0.1, 0.15) is 5.75 Å². The normalized spacial score (nSPS) is 10.9. The van der Waals surface area contributed by atoms with E-state index in [9.17, 15) is 9.90 Å². The summed E-state index contributed by atoms with van der Waals surface area (Å²) >= 11 is 0. The monoisotopic (exact) mass is 220 g/mol. The van der Waals surface area contributed by atoms with Crippen molar-refractivity contribution in [1.82, 2.24) is 4.90 Å². The molecule has 0 atom stereocenters. The van der Waals surface area contributed by atoms with E-state index in [1.807, 2.05) is 19.0 Å². The van der Waals surface area contributed by atoms with Crippen LogP contribution in [0.3, 0.4) is 0 Å². The van der Waals surface area contributed by atoms with Crippen LogP contribution < -0.4 is 5.32 Å². The summed E-state index contributed by atoms with van der Waals surface area (Å²) in [6.45, 7) is 0.716. The zero-order valence-corrected chi connectivity index (χ0v) is 9.47. The lowest BCUT2D eigenvalue weighted by atomic mass is 10.3. The first-order valence-corrected chi connectivity index (χ1v) is 4.99. The first-order valence-electron chi connectivity index (χ1n) is 4.99. The second-order valence-electron chi connectivity index (χ2n) is 3.70. The second-order valence-corrected chi connectivity index (χ2v) is 3.70. The molecule has 0 aliphatic carbocycles. The van der Waals surface area contributed by atoms with Gasteiger partial charge in [-0.3, -0.25) is 4.79 Å². The minimum absolute atomic E-state index is 0.134. The number of phenols is 1. The van der Waals surface area contributed by atoms with Gasteiger partial charge in [-0.2, -0.15) is 0 Å². The largest absolute Gasteiger partial charge is 0.508 e. The van der Waals surface area contributed by atoms with Gasteiger partial charge in [0, 0.05) is 24.4 Å². The fourth-order valence-corrected chi connectivity index (χ4v) is 1.14. The SMILES string of the molecule is CN(C)C/C=C/C(=O)Nc1cccc(O)c1. The van der Waals surface area contributed by atoms with Crippen LogP contribution in [0.15, 0.2) is 36.4 Å². The van der Waals surface area contributed by atoms with Crippen LogP contribution in [-0.2, 0) is 4.79 Å². The standard InChI is InChI=1S/C12H16N2O2/c1-14(2)8-4-7-12(16)13-10-5-3-6-11(15)9-10/h3-7,9,15H,8H2,1-2H3,(H,13,16)/b7-4+. The van der Waals surface area contributed by atoms with E-state index in [2.05, 4.69) is 5.32 Å². The van der Waals surface area contributed by atoms with Crippen molar-refractivity contribution in [2.75, 3.05) is 26.0 Å². The maximum absolute atomic E-state index is 11.4. The number of rotatable bonds is 4. The minimum atomic E-state index is -0.201. The predicted octanol–water partition coefficient (Wildman–Crippen LogP) is 1.45. The summed E-state index contributed by atoms with van der Waals surface area (Å²) in [4.78, 5) is 13.4. The summed E-state index contributed by atoms with van der Waals surface area (Å²) in [5.74, 6) is -0.0671. The summed E-state index contributed by atoms with van der Waals surface area (Å²) in [5, 5.41) is 11.9. The fraction of sp³-hybridized carbons (Fsp3) is 0.250. The molecule has 16 heavy (non-hydrogen) atoms. The van der Waals surface area contributed by atoms with Gasteiger partial charge in [-0.05, 0) is 26.2 Å². The molecule has 1 aromatic rings. The van der Waals surface area contributed by atoms with Crippen molar-refractivity contribution in [2.45, 2.75) is 0 Å². The average molecular weight is 220 g/mol. The van der Waals surface area contributed by atoms with Gasteiger partial charge < -0.3 is 15.3 Å². The van der Waals surface area contributed by atoms with Crippen LogP contribution in [0.4, 0.5) is 5.69 Å². The van der Waals surface area contributed by atoms with Gasteiger partial charge in [0.15, 0.2) is 0 Å². The summed E-state index contributed by atoms with van der Waals surface area (Å²) in [5.41, 5.74) is 0.583. The van der Waals surface area contributed by atoms with E-state index in [1.54, 1.807) is 24.3 Å². The molecule has 0 fully saturated rings. The molecule has 1 rings (SSSR count). The molecule has 0 spiro atoms. The number of carbonyl (C=O) groups excluding carboxylic acids is 1. The molecular formula is C12H16N2O2. The highest BCUT2D eigenvalue weighted by Crippen LogP contribution is 2.14. The fourth-order valence-electron chi connectivity index (χ4n) is 1.14. The van der Waals surface area contributed by atoms with Crippen LogP contribution in [-0.4, -0.2) is 36.6 Å². The molecule has 4 heteroatoms. The van der Waals surface area contributed by atoms with Crippen LogP contribution in [0.2, 0.25) is 0 Å². The van der Waals surface area contributed by atoms with Crippen molar-refractivity contribution in [3.05, 3.63) is 36.4 Å². The Kier molecular flexibility index (Phi) is 4.54. The quantitative estimate of drug-likeness (QED) is 0.755. The number of hydrogen-bond donors (Lipinski definition) is 2. The zero-order chi connectivity index (χ0) is 12.0. The average Bonchev–Trinajstić information content (AvgIpc) is 2.16. The highest BCUT2D eigenvalue weighted by molar-refractivity contribution is 5.99. The Balaban J connectivity index is 2.48. The Hall–Kier alpha value is -1.81. The lowest BCUT2D eigenvalue weighted by Gasteiger charge is -2.04. The Morgan fingerprint density at radius 2 is 2.25 bits per heavy atom. The molecular weight excluding hydrogens is 204 g/mol. The first kappa shape index (κ1) is 12.3. The molecule has 0 bridgehead atoms. The van der Waals surface area contributed by atoms with E-state index in [4.69, 9.17) is 0 Å². The molecule has 1 aromatic carbocycles. The van der Waals surface area contributed by atoms with Crippen molar-refractivity contribution in [1.29, 1.82) is 0 Å². The lowest BCUT2D eigenvalue weighted by Crippen LogP contribution is -2.12. The van der Waals surface area contributed by atoms with E-state index in [0.29, 0.717) is 12.2 Å². The number of nitrogens with one attached hydrogen (secondary N) is 1. The molecule has 86 valence electrons. The van der Waals surface area contributed by atoms with Crippen LogP contribution in [0.25, 0.3) is 0 Å². The number of hydrogen-bond acceptors (Lipinski definition) is 3. The van der Waals surface area contributed by atoms with Gasteiger partial charge in [0.2, 0.25) is 5.91 Å². The number of carbonyl (C=O) groups is 1. The molecule has 4 nitrogen and oxygen atoms in total. The zero-order valence-electron chi connectivity index (χ0n) is 9.47. The van der Waals surface area contributed by atoms with Crippen LogP contribution in [0, 0.1) is 0 Å². The van der Waals surface area contributed by atoms with Crippen molar-refractivity contribution in [3.63, 3.8) is 0 Å². The third-order valence-corrected chi connectivity index (χ3v) is 1.85. The van der Waals surface area contributed by atoms with E-state index >= 15 is 0 Å². The van der Waals surface area contributed by atoms with Gasteiger partial charge in [-0.25, -0.2) is 0 Å². The molecule has 0 aliphatic heterocycles. The molecule has 2 N–H and O–H groups in total. The number of nitrogens with zero attached hydrogens (tertiary/aromatic N) is 1. The highest BCUT2D eigenvalue weighted by Gasteiger charge is 1.98. The number of likely N-dealkylation sites (N-methyl/N-ethyl adjacent to an activating group) is 1. The molecule has 0 heterocycles. The number of anilines is 1. The summed E-state index contributed by atoms with van der Waals surface area (Å²) in [7, 11) is 3.86. The number of amides is 1. The number of phenolic OH excluding ortho intramolecular Hbond substituents is 1. The topological polar surface area (TPSA) is 52.6 Å². The van der Waals surface area contributed by atoms with Gasteiger partial charge in [-0.1, -0.05) is 12.1 Å². The van der Waals surface area contributed by atoms with E-state index < -0.39 is 0 Å². The van der Waals surface area contributed by atoms with Crippen molar-refractivity contribution in [3.8, 4) is 5.75 Å². The predicted molar refractivity (Wildman–Crippen MR) is 64.4 cm³/mol. The maximum atomic E-state index is 11.4. The Morgan fingerprint density at radius 3 is 2.88 bits per heavy atom. The molecule has 0 unspecified atom stereocenters. The van der Waals surface area contributed by atoms with Gasteiger partial charge in [-0.15, -0.1) is 0 Å². The second kappa shape index (κ2) is 5.92. The Bertz CT molecular complexity index is 386. The van der Waals surface area contributed by atoms with Crippen LogP contribution in [0.1, 0.15) is 0 Å². The molecule has 0 saturated carbocycles. The molecule has 0 aliphatic rings. The van der Waals surface area contributed by atoms with Gasteiger partial charge in [0.25, 0.3) is 0 Å². The maximum Gasteiger partial charge on any atom is 0.248 e. The van der Waals surface area contributed by atoms with Crippen molar-refractivity contribution >= 4 is 11.6 Å². The molecule has 1 amide bonds. The van der Waals surface area contributed by atoms with Gasteiger partial charge >= 0.3 is 0 Å². The molecule has 0 aromatic heterocycles. The molecule has 0 saturated heterocycles. The summed E-state index contributed by atoms with van der Waals surface area (Å²) in [6.07, 6.45) is 3.25. The Morgan fingerprint density at radius 1 is 1.50 bits per heavy atom. The van der Waals surface area contributed by atoms with Gasteiger partial charge in [0.05, 0.1) is 0 Å². The van der Waals surface area contributed by atoms with E-state index in [1.165, 1.54) is 12.1 Å².